The number of hydrogen-bond donors (Lipinski definition) is 2. The van der Waals surface area contributed by atoms with E-state index >= 15 is 0 Å². The zero-order valence-electron chi connectivity index (χ0n) is 13.5. The third-order valence-corrected chi connectivity index (χ3v) is 3.81. The highest BCUT2D eigenvalue weighted by atomic mass is 127. The zero-order chi connectivity index (χ0) is 15.6. The first-order valence-electron chi connectivity index (χ1n) is 7.95. The quantitative estimate of drug-likeness (QED) is 0.240. The molecule has 134 valence electrons. The van der Waals surface area contributed by atoms with E-state index in [0.717, 1.165) is 45.8 Å². The van der Waals surface area contributed by atoms with Crippen molar-refractivity contribution < 1.29 is 14.3 Å². The fraction of sp³-hybridized carbons (Fsp3) is 0.857. The fourth-order valence-corrected chi connectivity index (χ4v) is 2.47. The summed E-state index contributed by atoms with van der Waals surface area (Å²) in [5.41, 5.74) is 5.78. The second kappa shape index (κ2) is 11.8. The van der Waals surface area contributed by atoms with E-state index < -0.39 is 0 Å². The van der Waals surface area contributed by atoms with Crippen molar-refractivity contribution in [3.8, 4) is 0 Å². The van der Waals surface area contributed by atoms with E-state index in [2.05, 4.69) is 15.2 Å². The minimum atomic E-state index is 0. The topological polar surface area (TPSA) is 92.4 Å². The smallest absolute Gasteiger partial charge is 0.244 e. The zero-order valence-corrected chi connectivity index (χ0v) is 15.9. The molecule has 2 aliphatic heterocycles. The highest BCUT2D eigenvalue weighted by molar-refractivity contribution is 14.0. The van der Waals surface area contributed by atoms with Crippen molar-refractivity contribution in [1.29, 1.82) is 0 Å². The van der Waals surface area contributed by atoms with Crippen LogP contribution in [-0.4, -0.2) is 93.9 Å². The molecule has 0 aromatic rings. The van der Waals surface area contributed by atoms with Crippen molar-refractivity contribution in [1.82, 2.24) is 15.1 Å². The number of ether oxygens (including phenoxy) is 2. The lowest BCUT2D eigenvalue weighted by atomic mass is 10.3. The Kier molecular flexibility index (Phi) is 10.5. The number of nitrogens with zero attached hydrogens (tertiary/aromatic N) is 3. The molecule has 2 fully saturated rings. The first-order chi connectivity index (χ1) is 10.8. The van der Waals surface area contributed by atoms with Crippen molar-refractivity contribution in [2.24, 2.45) is 10.7 Å². The summed E-state index contributed by atoms with van der Waals surface area (Å²) >= 11 is 0. The van der Waals surface area contributed by atoms with Crippen LogP contribution >= 0.6 is 24.0 Å². The number of halogens is 1. The lowest BCUT2D eigenvalue weighted by Crippen LogP contribution is -2.42. The minimum absolute atomic E-state index is 0. The van der Waals surface area contributed by atoms with Crippen molar-refractivity contribution in [3.05, 3.63) is 0 Å². The van der Waals surface area contributed by atoms with E-state index in [4.69, 9.17) is 15.2 Å². The van der Waals surface area contributed by atoms with Crippen LogP contribution in [0.4, 0.5) is 0 Å². The Bertz CT molecular complexity index is 371. The molecule has 2 heterocycles. The van der Waals surface area contributed by atoms with Crippen LogP contribution in [0.25, 0.3) is 0 Å². The maximum atomic E-state index is 11.9. The van der Waals surface area contributed by atoms with Gasteiger partial charge in [0.05, 0.1) is 26.4 Å². The first-order valence-corrected chi connectivity index (χ1v) is 7.95. The molecule has 0 aromatic carbocycles. The van der Waals surface area contributed by atoms with Gasteiger partial charge in [-0.1, -0.05) is 0 Å². The van der Waals surface area contributed by atoms with Gasteiger partial charge in [-0.15, -0.1) is 24.0 Å². The Hall–Kier alpha value is -0.650. The first kappa shape index (κ1) is 20.4. The van der Waals surface area contributed by atoms with Crippen LogP contribution in [0.2, 0.25) is 0 Å². The second-order valence-electron chi connectivity index (χ2n) is 5.43. The van der Waals surface area contributed by atoms with E-state index in [0.29, 0.717) is 32.3 Å². The van der Waals surface area contributed by atoms with Gasteiger partial charge in [-0.05, 0) is 13.0 Å². The van der Waals surface area contributed by atoms with E-state index in [-0.39, 0.29) is 36.4 Å². The normalized spacial score (nSPS) is 20.0. The van der Waals surface area contributed by atoms with Gasteiger partial charge >= 0.3 is 0 Å². The standard InChI is InChI=1S/C14H27N5O3.HI/c15-14(16-2-1-3-18-4-8-21-9-5-18)17-12-13(20)19-6-10-22-11-7-19;/h1-12H2,(H3,15,16,17);1H. The van der Waals surface area contributed by atoms with Crippen LogP contribution < -0.4 is 11.1 Å². The van der Waals surface area contributed by atoms with Gasteiger partial charge in [0.2, 0.25) is 5.91 Å². The third kappa shape index (κ3) is 8.13. The van der Waals surface area contributed by atoms with Crippen molar-refractivity contribution in [2.45, 2.75) is 6.42 Å². The monoisotopic (exact) mass is 441 g/mol. The van der Waals surface area contributed by atoms with E-state index in [1.165, 1.54) is 0 Å². The molecule has 9 heteroatoms. The molecule has 2 saturated heterocycles. The van der Waals surface area contributed by atoms with Gasteiger partial charge in [0.15, 0.2) is 5.96 Å². The Morgan fingerprint density at radius 1 is 1.09 bits per heavy atom. The van der Waals surface area contributed by atoms with Crippen LogP contribution in [0.15, 0.2) is 4.99 Å². The molecule has 3 N–H and O–H groups in total. The van der Waals surface area contributed by atoms with Gasteiger partial charge in [-0.25, -0.2) is 4.99 Å². The highest BCUT2D eigenvalue weighted by Gasteiger charge is 2.16. The number of guanidine groups is 1. The van der Waals surface area contributed by atoms with Gasteiger partial charge in [-0.3, -0.25) is 9.69 Å². The van der Waals surface area contributed by atoms with Gasteiger partial charge in [0, 0.05) is 32.7 Å². The molecule has 0 saturated carbocycles. The average Bonchev–Trinajstić information content (AvgIpc) is 2.58. The summed E-state index contributed by atoms with van der Waals surface area (Å²) in [6.45, 7) is 8.01. The van der Waals surface area contributed by atoms with Gasteiger partial charge in [0.1, 0.15) is 6.54 Å². The summed E-state index contributed by atoms with van der Waals surface area (Å²) in [7, 11) is 0. The molecule has 0 aliphatic carbocycles. The second-order valence-corrected chi connectivity index (χ2v) is 5.43. The summed E-state index contributed by atoms with van der Waals surface area (Å²) in [4.78, 5) is 20.1. The number of carbonyl (C=O) groups is 1. The molecule has 0 atom stereocenters. The molecule has 0 radical (unpaired) electrons. The number of morpholine rings is 2. The number of rotatable bonds is 6. The van der Waals surface area contributed by atoms with Gasteiger partial charge < -0.3 is 25.4 Å². The molecule has 0 spiro atoms. The summed E-state index contributed by atoms with van der Waals surface area (Å²) in [5, 5.41) is 3.05. The predicted molar refractivity (Wildman–Crippen MR) is 99.2 cm³/mol. The number of carbonyl (C=O) groups excluding carboxylic acids is 1. The molecule has 0 unspecified atom stereocenters. The van der Waals surface area contributed by atoms with Crippen molar-refractivity contribution in [2.75, 3.05) is 72.2 Å². The molecule has 23 heavy (non-hydrogen) atoms. The molecule has 0 aromatic heterocycles. The molecule has 8 nitrogen and oxygen atoms in total. The summed E-state index contributed by atoms with van der Waals surface area (Å²) in [5.74, 6) is 0.338. The van der Waals surface area contributed by atoms with E-state index in [9.17, 15) is 4.79 Å². The minimum Gasteiger partial charge on any atom is -0.379 e. The van der Waals surface area contributed by atoms with Crippen molar-refractivity contribution in [3.63, 3.8) is 0 Å². The SMILES string of the molecule is I.NC(=NCC(=O)N1CCOCC1)NCCCN1CCOCC1. The highest BCUT2D eigenvalue weighted by Crippen LogP contribution is 1.98. The molecular formula is C14H28IN5O3. The van der Waals surface area contributed by atoms with Gasteiger partial charge in [0.25, 0.3) is 0 Å². The number of amides is 1. The van der Waals surface area contributed by atoms with Crippen LogP contribution in [0.1, 0.15) is 6.42 Å². The summed E-state index contributed by atoms with van der Waals surface area (Å²) in [6.07, 6.45) is 0.994. The Labute approximate surface area is 154 Å². The van der Waals surface area contributed by atoms with Crippen LogP contribution in [0, 0.1) is 0 Å². The lowest BCUT2D eigenvalue weighted by molar-refractivity contribution is -0.133. The van der Waals surface area contributed by atoms with Crippen LogP contribution in [-0.2, 0) is 14.3 Å². The number of nitrogens with one attached hydrogen (secondary N) is 1. The number of nitrogens with two attached hydrogens (primary N) is 1. The molecule has 2 aliphatic rings. The summed E-state index contributed by atoms with van der Waals surface area (Å²) < 4.78 is 10.5. The lowest BCUT2D eigenvalue weighted by Gasteiger charge is -2.26. The van der Waals surface area contributed by atoms with Crippen molar-refractivity contribution >= 4 is 35.8 Å². The largest absolute Gasteiger partial charge is 0.379 e. The van der Waals surface area contributed by atoms with E-state index in [1.54, 1.807) is 4.90 Å². The maximum Gasteiger partial charge on any atom is 0.244 e. The molecular weight excluding hydrogens is 413 g/mol. The molecule has 2 rings (SSSR count). The molecule has 1 amide bonds. The maximum absolute atomic E-state index is 11.9. The predicted octanol–water partition coefficient (Wildman–Crippen LogP) is -0.910. The Balaban J connectivity index is 0.00000264. The Morgan fingerprint density at radius 2 is 1.70 bits per heavy atom. The molecule has 0 bridgehead atoms. The van der Waals surface area contributed by atoms with Crippen LogP contribution in [0.5, 0.6) is 0 Å². The third-order valence-electron chi connectivity index (χ3n) is 3.81. The Morgan fingerprint density at radius 3 is 2.35 bits per heavy atom. The average molecular weight is 441 g/mol. The fourth-order valence-electron chi connectivity index (χ4n) is 2.47. The van der Waals surface area contributed by atoms with Gasteiger partial charge in [-0.2, -0.15) is 0 Å². The number of aliphatic imine (C=N–C) groups is 1. The summed E-state index contributed by atoms with van der Waals surface area (Å²) in [6, 6.07) is 0. The number of hydrogen-bond acceptors (Lipinski definition) is 5. The van der Waals surface area contributed by atoms with Crippen LogP contribution in [0.3, 0.4) is 0 Å². The van der Waals surface area contributed by atoms with E-state index in [1.807, 2.05) is 0 Å².